The number of nitrogens with zero attached hydrogens (tertiary/aromatic N) is 3. The summed E-state index contributed by atoms with van der Waals surface area (Å²) in [7, 11) is 0. The maximum absolute atomic E-state index is 12.5. The van der Waals surface area contributed by atoms with E-state index >= 15 is 0 Å². The van der Waals surface area contributed by atoms with Crippen molar-refractivity contribution in [1.82, 2.24) is 20.0 Å². The third kappa shape index (κ3) is 2.22. The minimum atomic E-state index is -0.612. The Labute approximate surface area is 111 Å². The van der Waals surface area contributed by atoms with E-state index in [1.165, 1.54) is 0 Å². The van der Waals surface area contributed by atoms with E-state index in [1.807, 2.05) is 12.3 Å². The molecule has 0 radical (unpaired) electrons. The number of hydrogen-bond donors (Lipinski definition) is 1. The van der Waals surface area contributed by atoms with Crippen LogP contribution in [0.2, 0.25) is 0 Å². The van der Waals surface area contributed by atoms with Crippen LogP contribution >= 0.6 is 0 Å². The van der Waals surface area contributed by atoms with E-state index < -0.39 is 5.54 Å². The fraction of sp³-hybridized carbons (Fsp3) is 0.615. The molecule has 2 heterocycles. The Kier molecular flexibility index (Phi) is 3.00. The van der Waals surface area contributed by atoms with Crippen molar-refractivity contribution in [2.45, 2.75) is 37.8 Å². The molecule has 6 heteroatoms. The standard InChI is InChI=1S/C13H18N4O2/c18-11-10-16(8-9-17-7-3-6-14-17)12(19)13(15-11)4-1-2-5-13/h3,6-7H,1-2,4-5,8-10H2,(H,15,18). The Bertz CT molecular complexity index is 477. The van der Waals surface area contributed by atoms with Crippen LogP contribution in [0.15, 0.2) is 18.5 Å². The smallest absolute Gasteiger partial charge is 0.248 e. The molecule has 1 aromatic rings. The predicted molar refractivity (Wildman–Crippen MR) is 68.1 cm³/mol. The Hall–Kier alpha value is -1.85. The van der Waals surface area contributed by atoms with Crippen molar-refractivity contribution in [1.29, 1.82) is 0 Å². The Balaban J connectivity index is 1.70. The number of piperazine rings is 1. The fourth-order valence-electron chi connectivity index (χ4n) is 3.06. The summed E-state index contributed by atoms with van der Waals surface area (Å²) in [5.74, 6) is 0.0405. The van der Waals surface area contributed by atoms with Crippen LogP contribution in [0.1, 0.15) is 25.7 Å². The molecule has 2 aliphatic rings. The van der Waals surface area contributed by atoms with Crippen molar-refractivity contribution in [2.75, 3.05) is 13.1 Å². The highest BCUT2D eigenvalue weighted by atomic mass is 16.2. The van der Waals surface area contributed by atoms with Gasteiger partial charge in [0.1, 0.15) is 5.54 Å². The van der Waals surface area contributed by atoms with Gasteiger partial charge in [-0.25, -0.2) is 0 Å². The minimum Gasteiger partial charge on any atom is -0.340 e. The predicted octanol–water partition coefficient (Wildman–Crippen LogP) is 0.154. The van der Waals surface area contributed by atoms with E-state index in [0.29, 0.717) is 13.1 Å². The van der Waals surface area contributed by atoms with E-state index in [2.05, 4.69) is 10.4 Å². The normalized spacial score (nSPS) is 22.0. The van der Waals surface area contributed by atoms with E-state index in [1.54, 1.807) is 15.8 Å². The van der Waals surface area contributed by atoms with Gasteiger partial charge in [-0.05, 0) is 18.9 Å². The third-order valence-corrected chi connectivity index (χ3v) is 4.03. The van der Waals surface area contributed by atoms with Crippen LogP contribution in [0.5, 0.6) is 0 Å². The van der Waals surface area contributed by atoms with Gasteiger partial charge < -0.3 is 10.2 Å². The fourth-order valence-corrected chi connectivity index (χ4v) is 3.06. The molecule has 0 aromatic carbocycles. The molecule has 3 rings (SSSR count). The van der Waals surface area contributed by atoms with Gasteiger partial charge in [0.2, 0.25) is 11.8 Å². The second-order valence-corrected chi connectivity index (χ2v) is 5.33. The van der Waals surface area contributed by atoms with E-state index in [4.69, 9.17) is 0 Å². The summed E-state index contributed by atoms with van der Waals surface area (Å²) in [6, 6.07) is 1.85. The Morgan fingerprint density at radius 3 is 2.74 bits per heavy atom. The number of nitrogens with one attached hydrogen (secondary N) is 1. The van der Waals surface area contributed by atoms with Crippen LogP contribution in [-0.4, -0.2) is 45.1 Å². The van der Waals surface area contributed by atoms with Gasteiger partial charge in [0.15, 0.2) is 0 Å². The topological polar surface area (TPSA) is 67.2 Å². The zero-order valence-electron chi connectivity index (χ0n) is 10.8. The average molecular weight is 262 g/mol. The van der Waals surface area contributed by atoms with Crippen LogP contribution in [0.3, 0.4) is 0 Å². The molecule has 0 atom stereocenters. The average Bonchev–Trinajstić information content (AvgIpc) is 3.04. The summed E-state index contributed by atoms with van der Waals surface area (Å²) in [5.41, 5.74) is -0.612. The molecule has 1 spiro atoms. The second-order valence-electron chi connectivity index (χ2n) is 5.33. The van der Waals surface area contributed by atoms with E-state index in [0.717, 1.165) is 25.7 Å². The number of amides is 2. The largest absolute Gasteiger partial charge is 0.340 e. The first-order chi connectivity index (χ1) is 9.20. The lowest BCUT2D eigenvalue weighted by Gasteiger charge is -2.39. The summed E-state index contributed by atoms with van der Waals surface area (Å²) < 4.78 is 1.78. The maximum Gasteiger partial charge on any atom is 0.248 e. The number of carbonyl (C=O) groups is 2. The molecule has 102 valence electrons. The molecule has 2 amide bonds. The summed E-state index contributed by atoms with van der Waals surface area (Å²) in [6.45, 7) is 1.33. The molecule has 2 fully saturated rings. The van der Waals surface area contributed by atoms with Crippen molar-refractivity contribution in [3.8, 4) is 0 Å². The van der Waals surface area contributed by atoms with Crippen LogP contribution < -0.4 is 5.32 Å². The van der Waals surface area contributed by atoms with E-state index in [-0.39, 0.29) is 18.4 Å². The van der Waals surface area contributed by atoms with E-state index in [9.17, 15) is 9.59 Å². The van der Waals surface area contributed by atoms with Gasteiger partial charge >= 0.3 is 0 Å². The monoisotopic (exact) mass is 262 g/mol. The molecule has 6 nitrogen and oxygen atoms in total. The van der Waals surface area contributed by atoms with Gasteiger partial charge in [-0.3, -0.25) is 14.3 Å². The number of carbonyl (C=O) groups excluding carboxylic acids is 2. The lowest BCUT2D eigenvalue weighted by Crippen LogP contribution is -2.65. The Morgan fingerprint density at radius 2 is 2.05 bits per heavy atom. The van der Waals surface area contributed by atoms with Gasteiger partial charge in [-0.1, -0.05) is 12.8 Å². The molecule has 19 heavy (non-hydrogen) atoms. The summed E-state index contributed by atoms with van der Waals surface area (Å²) in [4.78, 5) is 26.0. The molecule has 1 aliphatic heterocycles. The van der Waals surface area contributed by atoms with Gasteiger partial charge in [0.05, 0.1) is 13.1 Å². The van der Waals surface area contributed by atoms with Gasteiger partial charge in [0.25, 0.3) is 0 Å². The first-order valence-electron chi connectivity index (χ1n) is 6.77. The molecule has 1 aliphatic carbocycles. The third-order valence-electron chi connectivity index (χ3n) is 4.03. The van der Waals surface area contributed by atoms with Crippen LogP contribution in [-0.2, 0) is 16.1 Å². The van der Waals surface area contributed by atoms with Gasteiger partial charge in [0, 0.05) is 18.9 Å². The van der Waals surface area contributed by atoms with Crippen molar-refractivity contribution in [3.63, 3.8) is 0 Å². The summed E-state index contributed by atoms with van der Waals surface area (Å²) >= 11 is 0. The van der Waals surface area contributed by atoms with Crippen LogP contribution in [0.25, 0.3) is 0 Å². The lowest BCUT2D eigenvalue weighted by atomic mass is 9.93. The van der Waals surface area contributed by atoms with Crippen molar-refractivity contribution < 1.29 is 9.59 Å². The molecular weight excluding hydrogens is 244 g/mol. The molecule has 0 unspecified atom stereocenters. The van der Waals surface area contributed by atoms with Crippen LogP contribution in [0, 0.1) is 0 Å². The van der Waals surface area contributed by atoms with Gasteiger partial charge in [-0.15, -0.1) is 0 Å². The maximum atomic E-state index is 12.5. The zero-order valence-corrected chi connectivity index (χ0v) is 10.8. The molecule has 1 aromatic heterocycles. The highest BCUT2D eigenvalue weighted by Gasteiger charge is 2.47. The second kappa shape index (κ2) is 4.68. The quantitative estimate of drug-likeness (QED) is 0.843. The van der Waals surface area contributed by atoms with Crippen molar-refractivity contribution in [3.05, 3.63) is 18.5 Å². The lowest BCUT2D eigenvalue weighted by molar-refractivity contribution is -0.149. The first kappa shape index (κ1) is 12.2. The van der Waals surface area contributed by atoms with Crippen LogP contribution in [0.4, 0.5) is 0 Å². The molecule has 1 saturated heterocycles. The SMILES string of the molecule is O=C1CN(CCn2cccn2)C(=O)C2(CCCC2)N1. The minimum absolute atomic E-state index is 0.0398. The first-order valence-corrected chi connectivity index (χ1v) is 6.77. The molecule has 1 saturated carbocycles. The highest BCUT2D eigenvalue weighted by molar-refractivity contribution is 5.98. The Morgan fingerprint density at radius 1 is 1.26 bits per heavy atom. The zero-order chi connectivity index (χ0) is 13.3. The number of rotatable bonds is 3. The molecule has 1 N–H and O–H groups in total. The summed E-state index contributed by atoms with van der Waals surface area (Å²) in [5, 5.41) is 7.02. The highest BCUT2D eigenvalue weighted by Crippen LogP contribution is 2.33. The summed E-state index contributed by atoms with van der Waals surface area (Å²) in [6.07, 6.45) is 7.15. The molecular formula is C13H18N4O2. The molecule has 0 bridgehead atoms. The van der Waals surface area contributed by atoms with Crippen molar-refractivity contribution in [2.24, 2.45) is 0 Å². The number of hydrogen-bond acceptors (Lipinski definition) is 3. The number of aromatic nitrogens is 2. The van der Waals surface area contributed by atoms with Gasteiger partial charge in [-0.2, -0.15) is 5.10 Å². The van der Waals surface area contributed by atoms with Crippen molar-refractivity contribution >= 4 is 11.8 Å².